The summed E-state index contributed by atoms with van der Waals surface area (Å²) < 4.78 is 17.4. The van der Waals surface area contributed by atoms with Gasteiger partial charge in [-0.25, -0.2) is 0 Å². The molecule has 0 spiro atoms. The van der Waals surface area contributed by atoms with E-state index in [0.717, 1.165) is 103 Å². The summed E-state index contributed by atoms with van der Waals surface area (Å²) in [6.45, 7) is 7.57. The molecule has 0 aromatic heterocycles. The standard InChI is InChI=1S/C55H96O5/c1-4-7-10-13-16-19-22-25-27-29-32-35-38-41-44-47-50-58-51-53(60-55(57)49-46-43-40-37-34-30-24-21-18-15-12-9-6-3)52-59-54(56)48-45-42-39-36-33-31-28-26-23-20-17-14-11-8-5-2/h8-9,11-12,17-18,20-21,26,28,30,34,53H,4-7,10,13-16,19,22-25,27,29,31-33,35-52H2,1-3H3/b11-8-,12-9-,20-17-,21-18-,28-26-,34-30-. The van der Waals surface area contributed by atoms with Crippen molar-refractivity contribution in [3.63, 3.8) is 0 Å². The van der Waals surface area contributed by atoms with Crippen LogP contribution in [0.4, 0.5) is 0 Å². The molecule has 0 amide bonds. The van der Waals surface area contributed by atoms with Crippen molar-refractivity contribution in [3.8, 4) is 0 Å². The maximum Gasteiger partial charge on any atom is 0.306 e. The zero-order valence-electron chi connectivity index (χ0n) is 39.7. The van der Waals surface area contributed by atoms with Gasteiger partial charge in [0.2, 0.25) is 0 Å². The molecule has 1 atom stereocenters. The van der Waals surface area contributed by atoms with Crippen molar-refractivity contribution in [2.45, 2.75) is 245 Å². The van der Waals surface area contributed by atoms with E-state index in [-0.39, 0.29) is 25.2 Å². The number of carbonyl (C=O) groups excluding carboxylic acids is 2. The van der Waals surface area contributed by atoms with E-state index < -0.39 is 6.10 Å². The van der Waals surface area contributed by atoms with Gasteiger partial charge >= 0.3 is 11.9 Å². The van der Waals surface area contributed by atoms with Crippen LogP contribution in [0.2, 0.25) is 0 Å². The molecule has 0 aromatic carbocycles. The van der Waals surface area contributed by atoms with Crippen molar-refractivity contribution in [3.05, 3.63) is 72.9 Å². The summed E-state index contributed by atoms with van der Waals surface area (Å²) in [5.74, 6) is -0.446. The molecule has 1 unspecified atom stereocenters. The Morgan fingerprint density at radius 2 is 0.750 bits per heavy atom. The van der Waals surface area contributed by atoms with E-state index in [9.17, 15) is 9.59 Å². The Bertz CT molecular complexity index is 1080. The van der Waals surface area contributed by atoms with E-state index in [0.29, 0.717) is 19.4 Å². The van der Waals surface area contributed by atoms with Gasteiger partial charge < -0.3 is 14.2 Å². The lowest BCUT2D eigenvalue weighted by Gasteiger charge is -2.18. The first kappa shape index (κ1) is 57.3. The number of esters is 2. The Labute approximate surface area is 372 Å². The molecule has 346 valence electrons. The fourth-order valence-electron chi connectivity index (χ4n) is 7.01. The molecule has 0 aliphatic rings. The fraction of sp³-hybridized carbons (Fsp3) is 0.745. The molecule has 0 saturated carbocycles. The molecule has 5 heteroatoms. The number of ether oxygens (including phenoxy) is 3. The van der Waals surface area contributed by atoms with Gasteiger partial charge in [0.1, 0.15) is 6.61 Å². The second-order valence-corrected chi connectivity index (χ2v) is 16.7. The highest BCUT2D eigenvalue weighted by Gasteiger charge is 2.17. The van der Waals surface area contributed by atoms with Crippen LogP contribution >= 0.6 is 0 Å². The fourth-order valence-corrected chi connectivity index (χ4v) is 7.01. The van der Waals surface area contributed by atoms with Crippen molar-refractivity contribution in [2.24, 2.45) is 0 Å². The van der Waals surface area contributed by atoms with Crippen molar-refractivity contribution >= 4 is 11.9 Å². The maximum absolute atomic E-state index is 12.8. The number of hydrogen-bond acceptors (Lipinski definition) is 5. The summed E-state index contributed by atoms with van der Waals surface area (Å²) in [6.07, 6.45) is 64.8. The largest absolute Gasteiger partial charge is 0.462 e. The average Bonchev–Trinajstić information content (AvgIpc) is 3.25. The maximum atomic E-state index is 12.8. The second-order valence-electron chi connectivity index (χ2n) is 16.7. The first-order chi connectivity index (χ1) is 29.6. The molecule has 0 heterocycles. The third-order valence-electron chi connectivity index (χ3n) is 10.7. The summed E-state index contributed by atoms with van der Waals surface area (Å²) in [6, 6.07) is 0. The lowest BCUT2D eigenvalue weighted by molar-refractivity contribution is -0.163. The lowest BCUT2D eigenvalue weighted by atomic mass is 10.0. The summed E-state index contributed by atoms with van der Waals surface area (Å²) in [5.41, 5.74) is 0. The predicted molar refractivity (Wildman–Crippen MR) is 260 cm³/mol. The Morgan fingerprint density at radius 3 is 1.22 bits per heavy atom. The molecule has 0 aliphatic heterocycles. The molecule has 0 aliphatic carbocycles. The van der Waals surface area contributed by atoms with Gasteiger partial charge in [0.05, 0.1) is 6.61 Å². The monoisotopic (exact) mass is 837 g/mol. The van der Waals surface area contributed by atoms with Crippen LogP contribution < -0.4 is 0 Å². The lowest BCUT2D eigenvalue weighted by Crippen LogP contribution is -2.30. The first-order valence-electron chi connectivity index (χ1n) is 25.5. The summed E-state index contributed by atoms with van der Waals surface area (Å²) in [5, 5.41) is 0. The molecule has 0 radical (unpaired) electrons. The molecule has 0 rings (SSSR count). The molecule has 0 N–H and O–H groups in total. The van der Waals surface area contributed by atoms with Crippen molar-refractivity contribution < 1.29 is 23.8 Å². The van der Waals surface area contributed by atoms with Gasteiger partial charge in [0.25, 0.3) is 0 Å². The highest BCUT2D eigenvalue weighted by Crippen LogP contribution is 2.15. The SMILES string of the molecule is CC/C=C\C/C=C\C/C=C\CCCCCCCC(=O)OCC(COCCCCCCCCCCCCCCCCCC)OC(=O)CCCCC/C=C\C/C=C\C/C=C\CC. The van der Waals surface area contributed by atoms with Crippen LogP contribution in [-0.2, 0) is 23.8 Å². The summed E-state index contributed by atoms with van der Waals surface area (Å²) >= 11 is 0. The number of unbranched alkanes of at least 4 members (excludes halogenated alkanes) is 23. The zero-order chi connectivity index (χ0) is 43.5. The van der Waals surface area contributed by atoms with Gasteiger partial charge in [-0.15, -0.1) is 0 Å². The molecular weight excluding hydrogens is 741 g/mol. The van der Waals surface area contributed by atoms with E-state index in [1.54, 1.807) is 0 Å². The smallest absolute Gasteiger partial charge is 0.306 e. The zero-order valence-corrected chi connectivity index (χ0v) is 39.7. The van der Waals surface area contributed by atoms with Gasteiger partial charge in [0.15, 0.2) is 6.10 Å². The van der Waals surface area contributed by atoms with Crippen molar-refractivity contribution in [1.82, 2.24) is 0 Å². The number of rotatable bonds is 46. The minimum Gasteiger partial charge on any atom is -0.462 e. The van der Waals surface area contributed by atoms with Crippen LogP contribution in [0.25, 0.3) is 0 Å². The molecule has 60 heavy (non-hydrogen) atoms. The quantitative estimate of drug-likeness (QED) is 0.0347. The molecule has 0 fully saturated rings. The van der Waals surface area contributed by atoms with E-state index in [1.165, 1.54) is 103 Å². The Kier molecular flexibility index (Phi) is 48.4. The minimum atomic E-state index is -0.558. The molecule has 5 nitrogen and oxygen atoms in total. The van der Waals surface area contributed by atoms with Crippen LogP contribution in [0.5, 0.6) is 0 Å². The predicted octanol–water partition coefficient (Wildman–Crippen LogP) is 17.1. The Hall–Kier alpha value is -2.66. The number of allylic oxidation sites excluding steroid dienone is 12. The Morgan fingerprint density at radius 1 is 0.383 bits per heavy atom. The third kappa shape index (κ3) is 48.0. The summed E-state index contributed by atoms with van der Waals surface area (Å²) in [7, 11) is 0. The first-order valence-corrected chi connectivity index (χ1v) is 25.5. The van der Waals surface area contributed by atoms with E-state index in [1.807, 2.05) is 0 Å². The highest BCUT2D eigenvalue weighted by atomic mass is 16.6. The molecular formula is C55H96O5. The minimum absolute atomic E-state index is 0.0641. The van der Waals surface area contributed by atoms with Gasteiger partial charge in [-0.3, -0.25) is 9.59 Å². The average molecular weight is 837 g/mol. The molecule has 0 saturated heterocycles. The van der Waals surface area contributed by atoms with Crippen LogP contribution in [0.3, 0.4) is 0 Å². The van der Waals surface area contributed by atoms with Crippen LogP contribution in [0, 0.1) is 0 Å². The number of carbonyl (C=O) groups is 2. The second kappa shape index (κ2) is 50.7. The summed E-state index contributed by atoms with van der Waals surface area (Å²) in [4.78, 5) is 25.4. The number of hydrogen-bond donors (Lipinski definition) is 0. The topological polar surface area (TPSA) is 61.8 Å². The van der Waals surface area contributed by atoms with Gasteiger partial charge in [-0.1, -0.05) is 216 Å². The van der Waals surface area contributed by atoms with E-state index in [4.69, 9.17) is 14.2 Å². The van der Waals surface area contributed by atoms with Crippen LogP contribution in [0.15, 0.2) is 72.9 Å². The normalized spacial score (nSPS) is 12.8. The van der Waals surface area contributed by atoms with E-state index >= 15 is 0 Å². The van der Waals surface area contributed by atoms with Gasteiger partial charge in [-0.2, -0.15) is 0 Å². The van der Waals surface area contributed by atoms with Crippen LogP contribution in [0.1, 0.15) is 239 Å². The third-order valence-corrected chi connectivity index (χ3v) is 10.7. The Balaban J connectivity index is 4.31. The molecule has 0 bridgehead atoms. The van der Waals surface area contributed by atoms with Gasteiger partial charge in [0, 0.05) is 19.4 Å². The highest BCUT2D eigenvalue weighted by molar-refractivity contribution is 5.70. The van der Waals surface area contributed by atoms with E-state index in [2.05, 4.69) is 93.7 Å². The molecule has 0 aromatic rings. The van der Waals surface area contributed by atoms with Crippen molar-refractivity contribution in [2.75, 3.05) is 19.8 Å². The van der Waals surface area contributed by atoms with Crippen molar-refractivity contribution in [1.29, 1.82) is 0 Å². The van der Waals surface area contributed by atoms with Gasteiger partial charge in [-0.05, 0) is 83.5 Å². The van der Waals surface area contributed by atoms with Crippen LogP contribution in [-0.4, -0.2) is 37.9 Å².